The lowest BCUT2D eigenvalue weighted by Gasteiger charge is -2.38. The topological polar surface area (TPSA) is 73.0 Å². The maximum absolute atomic E-state index is 13.0. The molecule has 2 atom stereocenters. The van der Waals surface area contributed by atoms with Gasteiger partial charge in [-0.05, 0) is 47.9 Å². The number of hydrogen-bond donors (Lipinski definition) is 1. The fourth-order valence-electron chi connectivity index (χ4n) is 4.78. The molecule has 2 aliphatic rings. The summed E-state index contributed by atoms with van der Waals surface area (Å²) in [6, 6.07) is 10.7. The van der Waals surface area contributed by atoms with Crippen LogP contribution in [0.2, 0.25) is 0 Å². The van der Waals surface area contributed by atoms with Crippen molar-refractivity contribution in [1.29, 1.82) is 0 Å². The number of nitrogens with zero attached hydrogens (tertiary/aromatic N) is 3. The van der Waals surface area contributed by atoms with Gasteiger partial charge in [0.15, 0.2) is 0 Å². The van der Waals surface area contributed by atoms with Crippen molar-refractivity contribution in [2.75, 3.05) is 51.1 Å². The summed E-state index contributed by atoms with van der Waals surface area (Å²) in [5.41, 5.74) is 1.16. The van der Waals surface area contributed by atoms with Crippen LogP contribution in [0.3, 0.4) is 0 Å². The molecule has 1 N–H and O–H groups in total. The quantitative estimate of drug-likeness (QED) is 0.674. The summed E-state index contributed by atoms with van der Waals surface area (Å²) < 4.78 is 0. The molecule has 2 unspecified atom stereocenters. The van der Waals surface area contributed by atoms with Gasteiger partial charge in [-0.3, -0.25) is 19.3 Å². The first-order chi connectivity index (χ1) is 15.9. The molecular weight excluding hydrogens is 472 g/mol. The van der Waals surface area contributed by atoms with E-state index in [0.29, 0.717) is 60.7 Å². The highest BCUT2D eigenvalue weighted by atomic mass is 35.5. The van der Waals surface area contributed by atoms with E-state index in [9.17, 15) is 14.4 Å². The third-order valence-electron chi connectivity index (χ3n) is 6.35. The normalized spacial score (nSPS) is 21.0. The molecule has 0 spiro atoms. The molecule has 3 amide bonds. The molecule has 34 heavy (non-hydrogen) atoms. The summed E-state index contributed by atoms with van der Waals surface area (Å²) >= 11 is 1.38. The number of carbonyl (C=O) groups is 3. The van der Waals surface area contributed by atoms with Crippen LogP contribution in [0, 0.1) is 11.8 Å². The number of piperazine rings is 1. The summed E-state index contributed by atoms with van der Waals surface area (Å²) in [5.74, 6) is 1.08. The van der Waals surface area contributed by atoms with Crippen molar-refractivity contribution >= 4 is 47.2 Å². The summed E-state index contributed by atoms with van der Waals surface area (Å²) in [7, 11) is 0. The summed E-state index contributed by atoms with van der Waals surface area (Å²) in [4.78, 5) is 44.7. The number of likely N-dealkylation sites (tertiary alicyclic amines) is 1. The van der Waals surface area contributed by atoms with Gasteiger partial charge in [0.1, 0.15) is 0 Å². The summed E-state index contributed by atoms with van der Waals surface area (Å²) in [6.07, 6.45) is 1.18. The lowest BCUT2D eigenvalue weighted by Crippen LogP contribution is -2.53. The maximum Gasteiger partial charge on any atom is 0.265 e. The lowest BCUT2D eigenvalue weighted by atomic mass is 9.92. The van der Waals surface area contributed by atoms with E-state index in [1.807, 2.05) is 21.2 Å². The molecule has 9 heteroatoms. The molecule has 7 nitrogen and oxygen atoms in total. The first kappa shape index (κ1) is 26.2. The molecule has 1 aromatic heterocycles. The molecule has 0 bridgehead atoms. The molecular formula is C25H33ClN4O3S. The summed E-state index contributed by atoms with van der Waals surface area (Å²) in [5, 5.41) is 4.72. The van der Waals surface area contributed by atoms with Gasteiger partial charge in [0.2, 0.25) is 5.91 Å². The number of amides is 3. The van der Waals surface area contributed by atoms with Gasteiger partial charge in [-0.25, -0.2) is 0 Å². The van der Waals surface area contributed by atoms with Crippen molar-refractivity contribution < 1.29 is 14.4 Å². The third kappa shape index (κ3) is 6.58. The molecule has 2 aromatic rings. The van der Waals surface area contributed by atoms with E-state index < -0.39 is 0 Å². The van der Waals surface area contributed by atoms with Crippen molar-refractivity contribution in [3.8, 4) is 0 Å². The van der Waals surface area contributed by atoms with Crippen LogP contribution in [0.15, 0.2) is 41.8 Å². The molecule has 0 radical (unpaired) electrons. The lowest BCUT2D eigenvalue weighted by molar-refractivity contribution is -0.135. The Morgan fingerprint density at radius 2 is 1.68 bits per heavy atom. The minimum Gasteiger partial charge on any atom is -0.341 e. The number of hydrogen-bond acceptors (Lipinski definition) is 5. The molecule has 0 saturated carbocycles. The van der Waals surface area contributed by atoms with Gasteiger partial charge in [-0.2, -0.15) is 0 Å². The number of piperidine rings is 1. The SMILES string of the molecule is CC1CC(C)CN(C(=O)CN2CCN(C(=O)c3cccc(NC(=O)c4cccs4)c3)CC2)C1.Cl. The second-order valence-electron chi connectivity index (χ2n) is 9.33. The number of anilines is 1. The molecule has 184 valence electrons. The average molecular weight is 505 g/mol. The van der Waals surface area contributed by atoms with Crippen molar-refractivity contribution in [3.05, 3.63) is 52.2 Å². The van der Waals surface area contributed by atoms with E-state index in [-0.39, 0.29) is 30.1 Å². The van der Waals surface area contributed by atoms with Gasteiger partial charge in [-0.1, -0.05) is 26.0 Å². The Balaban J connectivity index is 0.00000324. The molecule has 0 aliphatic carbocycles. The highest BCUT2D eigenvalue weighted by Crippen LogP contribution is 2.21. The van der Waals surface area contributed by atoms with Crippen LogP contribution >= 0.6 is 23.7 Å². The summed E-state index contributed by atoms with van der Waals surface area (Å²) in [6.45, 7) is 9.09. The van der Waals surface area contributed by atoms with E-state index in [1.54, 1.807) is 30.3 Å². The molecule has 1 aromatic carbocycles. The van der Waals surface area contributed by atoms with Crippen LogP contribution in [0.1, 0.15) is 40.3 Å². The molecule has 2 saturated heterocycles. The van der Waals surface area contributed by atoms with Crippen molar-refractivity contribution in [3.63, 3.8) is 0 Å². The minimum atomic E-state index is -0.176. The number of thiophene rings is 1. The Morgan fingerprint density at radius 3 is 2.32 bits per heavy atom. The van der Waals surface area contributed by atoms with Crippen LogP contribution in [-0.4, -0.2) is 78.2 Å². The molecule has 2 aliphatic heterocycles. The maximum atomic E-state index is 13.0. The minimum absolute atomic E-state index is 0. The van der Waals surface area contributed by atoms with Crippen LogP contribution in [0.25, 0.3) is 0 Å². The molecule has 4 rings (SSSR count). The van der Waals surface area contributed by atoms with E-state index in [4.69, 9.17) is 0 Å². The van der Waals surface area contributed by atoms with Crippen molar-refractivity contribution in [1.82, 2.24) is 14.7 Å². The van der Waals surface area contributed by atoms with Crippen LogP contribution in [0.4, 0.5) is 5.69 Å². The van der Waals surface area contributed by atoms with Gasteiger partial charge in [0.25, 0.3) is 11.8 Å². The number of benzene rings is 1. The second kappa shape index (κ2) is 11.8. The predicted molar refractivity (Wildman–Crippen MR) is 138 cm³/mol. The van der Waals surface area contributed by atoms with Gasteiger partial charge in [0.05, 0.1) is 11.4 Å². The Labute approximate surface area is 211 Å². The largest absolute Gasteiger partial charge is 0.341 e. The first-order valence-corrected chi connectivity index (χ1v) is 12.5. The van der Waals surface area contributed by atoms with E-state index in [2.05, 4.69) is 24.1 Å². The number of nitrogens with one attached hydrogen (secondary N) is 1. The number of rotatable bonds is 5. The van der Waals surface area contributed by atoms with Crippen molar-refractivity contribution in [2.45, 2.75) is 20.3 Å². The van der Waals surface area contributed by atoms with Crippen LogP contribution < -0.4 is 5.32 Å². The zero-order valence-electron chi connectivity index (χ0n) is 19.7. The monoisotopic (exact) mass is 504 g/mol. The zero-order valence-corrected chi connectivity index (χ0v) is 21.4. The highest BCUT2D eigenvalue weighted by Gasteiger charge is 2.28. The smallest absolute Gasteiger partial charge is 0.265 e. The van der Waals surface area contributed by atoms with Crippen LogP contribution in [-0.2, 0) is 4.79 Å². The van der Waals surface area contributed by atoms with E-state index in [1.165, 1.54) is 17.8 Å². The van der Waals surface area contributed by atoms with Gasteiger partial charge in [-0.15, -0.1) is 23.7 Å². The van der Waals surface area contributed by atoms with E-state index >= 15 is 0 Å². The first-order valence-electron chi connectivity index (χ1n) is 11.6. The van der Waals surface area contributed by atoms with Gasteiger partial charge < -0.3 is 15.1 Å². The molecule has 3 heterocycles. The number of halogens is 1. The second-order valence-corrected chi connectivity index (χ2v) is 10.3. The predicted octanol–water partition coefficient (Wildman–Crippen LogP) is 3.68. The van der Waals surface area contributed by atoms with Crippen molar-refractivity contribution in [2.24, 2.45) is 11.8 Å². The Morgan fingerprint density at radius 1 is 0.971 bits per heavy atom. The molecule has 2 fully saturated rings. The fourth-order valence-corrected chi connectivity index (χ4v) is 5.40. The average Bonchev–Trinajstić information content (AvgIpc) is 3.34. The third-order valence-corrected chi connectivity index (χ3v) is 7.22. The zero-order chi connectivity index (χ0) is 23.4. The Hall–Kier alpha value is -2.42. The van der Waals surface area contributed by atoms with Crippen LogP contribution in [0.5, 0.6) is 0 Å². The van der Waals surface area contributed by atoms with Gasteiger partial charge >= 0.3 is 0 Å². The Kier molecular flexibility index (Phi) is 9.10. The number of carbonyl (C=O) groups excluding carboxylic acids is 3. The highest BCUT2D eigenvalue weighted by molar-refractivity contribution is 7.12. The van der Waals surface area contributed by atoms with Gasteiger partial charge in [0, 0.05) is 50.5 Å². The Bertz CT molecular complexity index is 982. The van der Waals surface area contributed by atoms with E-state index in [0.717, 1.165) is 13.1 Å². The standard InChI is InChI=1S/C25H32N4O3S.ClH/c1-18-13-19(2)16-29(15-18)23(30)17-27-8-10-28(11-9-27)25(32)20-5-3-6-21(14-20)26-24(31)22-7-4-12-33-22;/h3-7,12,14,18-19H,8-11,13,15-17H2,1-2H3,(H,26,31);1H. The fraction of sp³-hybridized carbons (Fsp3) is 0.480.